The number of carboxylic acid groups (broad SMARTS) is 1. The lowest BCUT2D eigenvalue weighted by Gasteiger charge is -2.28. The van der Waals surface area contributed by atoms with Gasteiger partial charge in [-0.1, -0.05) is 20.3 Å². The zero-order valence-electron chi connectivity index (χ0n) is 11.9. The highest BCUT2D eigenvalue weighted by Gasteiger charge is 2.62. The van der Waals surface area contributed by atoms with E-state index in [1.807, 2.05) is 6.92 Å². The Morgan fingerprint density at radius 1 is 1.25 bits per heavy atom. The fourth-order valence-electron chi connectivity index (χ4n) is 4.54. The summed E-state index contributed by atoms with van der Waals surface area (Å²) < 4.78 is 0. The summed E-state index contributed by atoms with van der Waals surface area (Å²) in [5, 5.41) is 9.44. The molecule has 0 spiro atoms. The smallest absolute Gasteiger partial charge is 0.327 e. The molecule has 3 aliphatic rings. The zero-order chi connectivity index (χ0) is 14.6. The van der Waals surface area contributed by atoms with Gasteiger partial charge in [0, 0.05) is 0 Å². The normalized spacial score (nSPS) is 38.2. The predicted octanol–water partition coefficient (Wildman–Crippen LogP) is 1.52. The van der Waals surface area contributed by atoms with Crippen LogP contribution in [0, 0.1) is 29.6 Å². The molecule has 3 fully saturated rings. The number of likely N-dealkylation sites (tertiary alicyclic amines) is 1. The Kier molecular flexibility index (Phi) is 3.10. The molecule has 20 heavy (non-hydrogen) atoms. The fourth-order valence-corrected chi connectivity index (χ4v) is 4.54. The quantitative estimate of drug-likeness (QED) is 0.792. The van der Waals surface area contributed by atoms with E-state index >= 15 is 0 Å². The first-order chi connectivity index (χ1) is 9.47. The lowest BCUT2D eigenvalue weighted by atomic mass is 9.81. The van der Waals surface area contributed by atoms with Gasteiger partial charge in [0.1, 0.15) is 6.04 Å². The van der Waals surface area contributed by atoms with E-state index in [1.165, 1.54) is 0 Å². The van der Waals surface area contributed by atoms with E-state index in [0.29, 0.717) is 18.3 Å². The van der Waals surface area contributed by atoms with Crippen LogP contribution < -0.4 is 0 Å². The van der Waals surface area contributed by atoms with E-state index in [4.69, 9.17) is 0 Å². The van der Waals surface area contributed by atoms with Crippen LogP contribution in [0.4, 0.5) is 0 Å². The van der Waals surface area contributed by atoms with E-state index in [9.17, 15) is 19.5 Å². The molecular formula is C15H21NO4. The molecule has 2 saturated carbocycles. The summed E-state index contributed by atoms with van der Waals surface area (Å²) in [5.74, 6) is -1.57. The molecule has 0 aromatic carbocycles. The van der Waals surface area contributed by atoms with Crippen LogP contribution in [0.1, 0.15) is 39.5 Å². The van der Waals surface area contributed by atoms with Gasteiger partial charge in [-0.2, -0.15) is 0 Å². The molecule has 110 valence electrons. The SMILES string of the molecule is CCC(C)C(C(=O)O)N1C(=O)C2C3CCC(C3)C2C1=O. The first kappa shape index (κ1) is 13.6. The second kappa shape index (κ2) is 4.57. The number of carbonyl (C=O) groups is 3. The summed E-state index contributed by atoms with van der Waals surface area (Å²) in [6.45, 7) is 3.68. The Balaban J connectivity index is 1.93. The minimum Gasteiger partial charge on any atom is -0.480 e. The summed E-state index contributed by atoms with van der Waals surface area (Å²) in [6.07, 6.45) is 3.64. The maximum atomic E-state index is 12.6. The summed E-state index contributed by atoms with van der Waals surface area (Å²) >= 11 is 0. The molecule has 1 saturated heterocycles. The van der Waals surface area contributed by atoms with Gasteiger partial charge < -0.3 is 5.11 Å². The van der Waals surface area contributed by atoms with Crippen LogP contribution in [-0.4, -0.2) is 33.8 Å². The molecule has 3 rings (SSSR count). The van der Waals surface area contributed by atoms with Crippen LogP contribution in [0.3, 0.4) is 0 Å². The van der Waals surface area contributed by atoms with Crippen molar-refractivity contribution < 1.29 is 19.5 Å². The summed E-state index contributed by atoms with van der Waals surface area (Å²) in [6, 6.07) is -0.995. The minimum absolute atomic E-state index is 0.211. The van der Waals surface area contributed by atoms with Crippen LogP contribution in [0.15, 0.2) is 0 Å². The minimum atomic E-state index is -1.06. The molecule has 5 heteroatoms. The second-order valence-corrected chi connectivity index (χ2v) is 6.60. The van der Waals surface area contributed by atoms with Crippen molar-refractivity contribution in [3.05, 3.63) is 0 Å². The Morgan fingerprint density at radius 3 is 2.15 bits per heavy atom. The Hall–Kier alpha value is -1.39. The van der Waals surface area contributed by atoms with Crippen LogP contribution in [0.25, 0.3) is 0 Å². The Bertz CT molecular complexity index is 446. The molecule has 2 amide bonds. The third kappa shape index (κ3) is 1.64. The fraction of sp³-hybridized carbons (Fsp3) is 0.800. The van der Waals surface area contributed by atoms with Crippen molar-refractivity contribution in [3.8, 4) is 0 Å². The van der Waals surface area contributed by atoms with Crippen molar-refractivity contribution in [3.63, 3.8) is 0 Å². The molecule has 1 heterocycles. The van der Waals surface area contributed by atoms with Crippen molar-refractivity contribution in [2.24, 2.45) is 29.6 Å². The number of aliphatic carboxylic acids is 1. The standard InChI is InChI=1S/C15H21NO4/c1-3-7(2)12(15(19)20)16-13(17)10-8-4-5-9(6-8)11(10)14(16)18/h7-12H,3-6H2,1-2H3,(H,19,20). The van der Waals surface area contributed by atoms with E-state index in [0.717, 1.165) is 24.2 Å². The van der Waals surface area contributed by atoms with Crippen molar-refractivity contribution in [2.75, 3.05) is 0 Å². The van der Waals surface area contributed by atoms with Gasteiger partial charge in [-0.15, -0.1) is 0 Å². The molecule has 2 aliphatic carbocycles. The predicted molar refractivity (Wildman–Crippen MR) is 70.5 cm³/mol. The monoisotopic (exact) mass is 279 g/mol. The van der Waals surface area contributed by atoms with Gasteiger partial charge in [0.25, 0.3) is 0 Å². The van der Waals surface area contributed by atoms with Crippen molar-refractivity contribution >= 4 is 17.8 Å². The van der Waals surface area contributed by atoms with E-state index in [2.05, 4.69) is 0 Å². The number of amides is 2. The number of hydrogen-bond donors (Lipinski definition) is 1. The van der Waals surface area contributed by atoms with Gasteiger partial charge in [-0.05, 0) is 37.0 Å². The summed E-state index contributed by atoms with van der Waals surface area (Å²) in [5.41, 5.74) is 0. The van der Waals surface area contributed by atoms with Gasteiger partial charge in [-0.25, -0.2) is 4.79 Å². The number of imide groups is 1. The molecule has 1 aliphatic heterocycles. The highest BCUT2D eigenvalue weighted by molar-refractivity contribution is 6.08. The number of fused-ring (bicyclic) bond motifs is 5. The van der Waals surface area contributed by atoms with E-state index < -0.39 is 12.0 Å². The van der Waals surface area contributed by atoms with Crippen molar-refractivity contribution in [2.45, 2.75) is 45.6 Å². The molecule has 5 nitrogen and oxygen atoms in total. The second-order valence-electron chi connectivity index (χ2n) is 6.60. The number of rotatable bonds is 4. The molecule has 1 N–H and O–H groups in total. The molecule has 2 bridgehead atoms. The topological polar surface area (TPSA) is 74.7 Å². The van der Waals surface area contributed by atoms with Gasteiger partial charge in [-0.3, -0.25) is 14.5 Å². The number of carboxylic acids is 1. The summed E-state index contributed by atoms with van der Waals surface area (Å²) in [7, 11) is 0. The lowest BCUT2D eigenvalue weighted by molar-refractivity contribution is -0.157. The molecule has 6 unspecified atom stereocenters. The van der Waals surface area contributed by atoms with E-state index in [-0.39, 0.29) is 29.6 Å². The van der Waals surface area contributed by atoms with Crippen LogP contribution in [0.5, 0.6) is 0 Å². The van der Waals surface area contributed by atoms with Gasteiger partial charge in [0.05, 0.1) is 11.8 Å². The molecule has 0 aromatic heterocycles. The molecule has 6 atom stereocenters. The molecule has 0 aromatic rings. The average Bonchev–Trinajstić information content (AvgIpc) is 3.07. The van der Waals surface area contributed by atoms with Crippen molar-refractivity contribution in [1.82, 2.24) is 4.90 Å². The number of nitrogens with zero attached hydrogens (tertiary/aromatic N) is 1. The van der Waals surface area contributed by atoms with Crippen LogP contribution in [0.2, 0.25) is 0 Å². The van der Waals surface area contributed by atoms with Crippen LogP contribution >= 0.6 is 0 Å². The number of carbonyl (C=O) groups excluding carboxylic acids is 2. The first-order valence-electron chi connectivity index (χ1n) is 7.57. The molecule has 0 radical (unpaired) electrons. The molecular weight excluding hydrogens is 258 g/mol. The highest BCUT2D eigenvalue weighted by Crippen LogP contribution is 2.56. The van der Waals surface area contributed by atoms with Gasteiger partial charge in [0.15, 0.2) is 0 Å². The third-order valence-corrected chi connectivity index (χ3v) is 5.68. The maximum absolute atomic E-state index is 12.6. The summed E-state index contributed by atoms with van der Waals surface area (Å²) in [4.78, 5) is 37.8. The zero-order valence-corrected chi connectivity index (χ0v) is 11.9. The number of hydrogen-bond acceptors (Lipinski definition) is 3. The largest absolute Gasteiger partial charge is 0.480 e. The van der Waals surface area contributed by atoms with Gasteiger partial charge >= 0.3 is 5.97 Å². The van der Waals surface area contributed by atoms with Crippen LogP contribution in [-0.2, 0) is 14.4 Å². The lowest BCUT2D eigenvalue weighted by Crippen LogP contribution is -2.49. The Morgan fingerprint density at radius 2 is 1.75 bits per heavy atom. The Labute approximate surface area is 118 Å². The average molecular weight is 279 g/mol. The highest BCUT2D eigenvalue weighted by atomic mass is 16.4. The maximum Gasteiger partial charge on any atom is 0.327 e. The van der Waals surface area contributed by atoms with Crippen molar-refractivity contribution in [1.29, 1.82) is 0 Å². The van der Waals surface area contributed by atoms with Gasteiger partial charge in [0.2, 0.25) is 11.8 Å². The van der Waals surface area contributed by atoms with E-state index in [1.54, 1.807) is 6.92 Å². The first-order valence-corrected chi connectivity index (χ1v) is 7.57. The third-order valence-electron chi connectivity index (χ3n) is 5.68.